The highest BCUT2D eigenvalue weighted by Gasteiger charge is 2.03. The molecule has 0 saturated heterocycles. The maximum atomic E-state index is 9.83. The molecule has 0 heterocycles. The topological polar surface area (TPSA) is 52.3 Å². The molecule has 8 heavy (non-hydrogen) atoms. The van der Waals surface area contributed by atoms with E-state index in [1.807, 2.05) is 0 Å². The van der Waals surface area contributed by atoms with Crippen LogP contribution >= 0.6 is 23.2 Å². The number of hydrogen-bond donors (Lipinski definition) is 1. The zero-order valence-electron chi connectivity index (χ0n) is 3.93. The minimum atomic E-state index is -0.911. The van der Waals surface area contributed by atoms with Crippen LogP contribution in [0.2, 0.25) is 0 Å². The number of carbonyl (C=O) groups excluding carboxylic acids is 1. The number of alkyl halides is 2. The number of ether oxygens (including phenoxy) is 1. The molecule has 0 aliphatic heterocycles. The van der Waals surface area contributed by atoms with Crippen LogP contribution in [-0.2, 0) is 4.74 Å². The average Bonchev–Trinajstić information content (AvgIpc) is 1.65. The Morgan fingerprint density at radius 3 is 2.50 bits per heavy atom. The molecule has 0 aliphatic carbocycles. The van der Waals surface area contributed by atoms with Crippen LogP contribution in [0.25, 0.3) is 0 Å². The van der Waals surface area contributed by atoms with E-state index in [-0.39, 0.29) is 5.88 Å². The normalized spacial score (nSPS) is 12.8. The lowest BCUT2D eigenvalue weighted by Gasteiger charge is -2.02. The molecule has 0 bridgehead atoms. The fourth-order valence-electron chi connectivity index (χ4n) is 0.158. The van der Waals surface area contributed by atoms with Crippen molar-refractivity contribution in [2.75, 3.05) is 5.88 Å². The van der Waals surface area contributed by atoms with Gasteiger partial charge in [0.05, 0.1) is 5.88 Å². The summed E-state index contributed by atoms with van der Waals surface area (Å²) in [5.74, 6) is 0.0461. The molecule has 48 valence electrons. The molecule has 1 amide bonds. The van der Waals surface area contributed by atoms with E-state index in [4.69, 9.17) is 23.2 Å². The van der Waals surface area contributed by atoms with Gasteiger partial charge in [0, 0.05) is 0 Å². The maximum Gasteiger partial charge on any atom is 0.406 e. The molecular weight excluding hydrogens is 153 g/mol. The van der Waals surface area contributed by atoms with Crippen LogP contribution in [0.1, 0.15) is 0 Å². The molecular formula is C3H5Cl2NO2. The predicted molar refractivity (Wildman–Crippen MR) is 31.0 cm³/mol. The van der Waals surface area contributed by atoms with E-state index >= 15 is 0 Å². The van der Waals surface area contributed by atoms with Crippen molar-refractivity contribution in [3.05, 3.63) is 0 Å². The van der Waals surface area contributed by atoms with Gasteiger partial charge in [0.25, 0.3) is 0 Å². The van der Waals surface area contributed by atoms with Gasteiger partial charge in [-0.2, -0.15) is 0 Å². The van der Waals surface area contributed by atoms with E-state index in [2.05, 4.69) is 10.5 Å². The van der Waals surface area contributed by atoms with Crippen LogP contribution in [0.3, 0.4) is 0 Å². The number of nitrogens with two attached hydrogens (primary N) is 1. The number of hydrogen-bond acceptors (Lipinski definition) is 2. The number of rotatable bonds is 2. The van der Waals surface area contributed by atoms with Crippen LogP contribution in [0, 0.1) is 0 Å². The van der Waals surface area contributed by atoms with Crippen molar-refractivity contribution in [3.63, 3.8) is 0 Å². The molecule has 0 spiro atoms. The van der Waals surface area contributed by atoms with Gasteiger partial charge in [-0.25, -0.2) is 4.79 Å². The lowest BCUT2D eigenvalue weighted by molar-refractivity contribution is 0.150. The second-order valence-corrected chi connectivity index (χ2v) is 1.80. The summed E-state index contributed by atoms with van der Waals surface area (Å²) in [6, 6.07) is 0. The van der Waals surface area contributed by atoms with Crippen LogP contribution < -0.4 is 5.73 Å². The Hall–Kier alpha value is -0.150. The Labute approximate surface area is 56.7 Å². The third kappa shape index (κ3) is 4.02. The SMILES string of the molecule is NC(=O)OC(Cl)CCl. The fraction of sp³-hybridized carbons (Fsp3) is 0.667. The average molecular weight is 158 g/mol. The third-order valence-electron chi connectivity index (χ3n) is 0.365. The first-order chi connectivity index (χ1) is 3.66. The molecule has 0 rings (SSSR count). The van der Waals surface area contributed by atoms with Crippen molar-refractivity contribution in [2.45, 2.75) is 5.56 Å². The van der Waals surface area contributed by atoms with Gasteiger partial charge in [0.1, 0.15) is 0 Å². The Balaban J connectivity index is 3.24. The largest absolute Gasteiger partial charge is 0.429 e. The first kappa shape index (κ1) is 7.85. The van der Waals surface area contributed by atoms with Gasteiger partial charge < -0.3 is 10.5 Å². The Morgan fingerprint density at radius 2 is 2.38 bits per heavy atom. The smallest absolute Gasteiger partial charge is 0.406 e. The quantitative estimate of drug-likeness (QED) is 0.606. The molecule has 0 saturated carbocycles. The van der Waals surface area contributed by atoms with Crippen LogP contribution in [0.5, 0.6) is 0 Å². The Morgan fingerprint density at radius 1 is 1.88 bits per heavy atom. The highest BCUT2D eigenvalue weighted by Crippen LogP contribution is 1.98. The first-order valence-electron chi connectivity index (χ1n) is 1.83. The summed E-state index contributed by atoms with van der Waals surface area (Å²) in [7, 11) is 0. The summed E-state index contributed by atoms with van der Waals surface area (Å²) in [6.07, 6.45) is -0.911. The van der Waals surface area contributed by atoms with Crippen molar-refractivity contribution in [1.82, 2.24) is 0 Å². The van der Waals surface area contributed by atoms with Crippen LogP contribution in [0.4, 0.5) is 4.79 Å². The van der Waals surface area contributed by atoms with E-state index < -0.39 is 11.7 Å². The highest BCUT2D eigenvalue weighted by atomic mass is 35.5. The second-order valence-electron chi connectivity index (χ2n) is 1.00. The van der Waals surface area contributed by atoms with Gasteiger partial charge in [-0.1, -0.05) is 11.6 Å². The van der Waals surface area contributed by atoms with Crippen LogP contribution in [-0.4, -0.2) is 17.5 Å². The van der Waals surface area contributed by atoms with Crippen molar-refractivity contribution in [1.29, 1.82) is 0 Å². The van der Waals surface area contributed by atoms with Gasteiger partial charge in [0.2, 0.25) is 0 Å². The Kier molecular flexibility index (Phi) is 3.73. The predicted octanol–water partition coefficient (Wildman–Crippen LogP) is 0.885. The van der Waals surface area contributed by atoms with Crippen molar-refractivity contribution in [2.24, 2.45) is 5.73 Å². The molecule has 3 nitrogen and oxygen atoms in total. The van der Waals surface area contributed by atoms with Gasteiger partial charge in [0.15, 0.2) is 5.56 Å². The molecule has 0 radical (unpaired) electrons. The molecule has 0 fully saturated rings. The molecule has 2 N–H and O–H groups in total. The fourth-order valence-corrected chi connectivity index (χ4v) is 0.308. The molecule has 1 unspecified atom stereocenters. The summed E-state index contributed by atoms with van der Waals surface area (Å²) >= 11 is 10.3. The van der Waals surface area contributed by atoms with Crippen molar-refractivity contribution >= 4 is 29.3 Å². The van der Waals surface area contributed by atoms with Crippen molar-refractivity contribution < 1.29 is 9.53 Å². The van der Waals surface area contributed by atoms with E-state index in [0.717, 1.165) is 0 Å². The number of primary amides is 1. The van der Waals surface area contributed by atoms with Gasteiger partial charge in [-0.15, -0.1) is 11.6 Å². The van der Waals surface area contributed by atoms with Gasteiger partial charge in [-0.3, -0.25) is 0 Å². The zero-order valence-corrected chi connectivity index (χ0v) is 5.45. The summed E-state index contributed by atoms with van der Waals surface area (Å²) in [5.41, 5.74) is 3.75. The molecule has 0 aromatic rings. The highest BCUT2D eigenvalue weighted by molar-refractivity contribution is 6.27. The molecule has 5 heteroatoms. The van der Waals surface area contributed by atoms with E-state index in [1.54, 1.807) is 0 Å². The van der Waals surface area contributed by atoms with Crippen LogP contribution in [0.15, 0.2) is 0 Å². The number of halogens is 2. The molecule has 0 aromatic carbocycles. The summed E-state index contributed by atoms with van der Waals surface area (Å²) in [6.45, 7) is 0. The van der Waals surface area contributed by atoms with Gasteiger partial charge in [-0.05, 0) is 0 Å². The minimum Gasteiger partial charge on any atom is -0.429 e. The van der Waals surface area contributed by atoms with E-state index in [0.29, 0.717) is 0 Å². The summed E-state index contributed by atoms with van der Waals surface area (Å²) in [5, 5.41) is 0. The number of carbonyl (C=O) groups is 1. The second kappa shape index (κ2) is 3.80. The lowest BCUT2D eigenvalue weighted by Crippen LogP contribution is -2.19. The lowest BCUT2D eigenvalue weighted by atomic mass is 10.8. The molecule has 0 aromatic heterocycles. The van der Waals surface area contributed by atoms with Crippen molar-refractivity contribution in [3.8, 4) is 0 Å². The zero-order chi connectivity index (χ0) is 6.57. The molecule has 1 atom stereocenters. The maximum absolute atomic E-state index is 9.83. The third-order valence-corrected chi connectivity index (χ3v) is 1.05. The van der Waals surface area contributed by atoms with E-state index in [1.165, 1.54) is 0 Å². The summed E-state index contributed by atoms with van der Waals surface area (Å²) in [4.78, 5) is 9.83. The first-order valence-corrected chi connectivity index (χ1v) is 2.80. The van der Waals surface area contributed by atoms with Gasteiger partial charge >= 0.3 is 6.09 Å². The standard InChI is InChI=1S/C3H5Cl2NO2/c4-1-2(5)8-3(6)7/h2H,1H2,(H2,6,7). The molecule has 0 aliphatic rings. The Bertz CT molecular complexity index is 87.4. The van der Waals surface area contributed by atoms with E-state index in [9.17, 15) is 4.79 Å². The summed E-state index contributed by atoms with van der Waals surface area (Å²) < 4.78 is 4.17. The monoisotopic (exact) mass is 157 g/mol. The minimum absolute atomic E-state index is 0.0461. The number of amides is 1.